The fourth-order valence-electron chi connectivity index (χ4n) is 4.32. The van der Waals surface area contributed by atoms with E-state index < -0.39 is 28.5 Å². The number of nitrogens with zero attached hydrogens (tertiary/aromatic N) is 2. The van der Waals surface area contributed by atoms with Gasteiger partial charge in [-0.2, -0.15) is 0 Å². The van der Waals surface area contributed by atoms with Gasteiger partial charge in [0.15, 0.2) is 0 Å². The Morgan fingerprint density at radius 1 is 0.900 bits per heavy atom. The first-order chi connectivity index (χ1) is 19.0. The van der Waals surface area contributed by atoms with Crippen LogP contribution < -0.4 is 9.62 Å². The van der Waals surface area contributed by atoms with E-state index in [2.05, 4.69) is 5.32 Å². The van der Waals surface area contributed by atoms with Gasteiger partial charge >= 0.3 is 0 Å². The Labute approximate surface area is 247 Å². The molecule has 0 radical (unpaired) electrons. The molecule has 0 heterocycles. The summed E-state index contributed by atoms with van der Waals surface area (Å²) in [6.45, 7) is 7.43. The van der Waals surface area contributed by atoms with Crippen molar-refractivity contribution in [3.05, 3.63) is 93.5 Å². The van der Waals surface area contributed by atoms with Gasteiger partial charge in [0, 0.05) is 23.1 Å². The maximum atomic E-state index is 14.1. The van der Waals surface area contributed by atoms with E-state index in [4.69, 9.17) is 23.2 Å². The molecule has 214 valence electrons. The van der Waals surface area contributed by atoms with Gasteiger partial charge in [0.2, 0.25) is 11.8 Å². The second kappa shape index (κ2) is 14.0. The lowest BCUT2D eigenvalue weighted by atomic mass is 10.1. The molecule has 0 aromatic heterocycles. The Balaban J connectivity index is 2.08. The molecule has 1 N–H and O–H groups in total. The Bertz CT molecular complexity index is 1430. The normalized spacial score (nSPS) is 12.1. The maximum Gasteiger partial charge on any atom is 0.264 e. The molecule has 3 aromatic carbocycles. The molecule has 0 aliphatic heterocycles. The summed E-state index contributed by atoms with van der Waals surface area (Å²) in [4.78, 5) is 28.7. The monoisotopic (exact) mass is 603 g/mol. The summed E-state index contributed by atoms with van der Waals surface area (Å²) >= 11 is 12.2. The number of amides is 2. The first-order valence-corrected chi connectivity index (χ1v) is 15.3. The average Bonchev–Trinajstić information content (AvgIpc) is 2.92. The smallest absolute Gasteiger partial charge is 0.264 e. The number of carbonyl (C=O) groups is 2. The highest BCUT2D eigenvalue weighted by molar-refractivity contribution is 7.92. The highest BCUT2D eigenvalue weighted by Crippen LogP contribution is 2.30. The van der Waals surface area contributed by atoms with E-state index in [1.165, 1.54) is 17.0 Å². The molecule has 2 amide bonds. The van der Waals surface area contributed by atoms with Crippen LogP contribution in [-0.4, -0.2) is 44.3 Å². The standard InChI is InChI=1S/C30H35Cl2N3O4S/c1-5-17-33-30(37)27(6-2)34(19-23-9-11-24(31)12-10-23)29(36)20-35(28-16-13-25(32)18-22(28)4)40(38,39)26-14-7-21(3)8-15-26/h7-16,18,27H,5-6,17,19-20H2,1-4H3,(H,33,37). The maximum absolute atomic E-state index is 14.1. The zero-order chi connectivity index (χ0) is 29.4. The number of anilines is 1. The van der Waals surface area contributed by atoms with Crippen LogP contribution in [-0.2, 0) is 26.2 Å². The molecule has 3 aromatic rings. The second-order valence-electron chi connectivity index (χ2n) is 9.62. The lowest BCUT2D eigenvalue weighted by Crippen LogP contribution is -2.52. The fraction of sp³-hybridized carbons (Fsp3) is 0.333. The molecule has 0 fully saturated rings. The minimum absolute atomic E-state index is 0.0530. The molecular weight excluding hydrogens is 569 g/mol. The number of sulfonamides is 1. The van der Waals surface area contributed by atoms with Crippen LogP contribution in [0, 0.1) is 13.8 Å². The number of benzene rings is 3. The third-order valence-corrected chi connectivity index (χ3v) is 8.78. The summed E-state index contributed by atoms with van der Waals surface area (Å²) in [6.07, 6.45) is 1.09. The van der Waals surface area contributed by atoms with Crippen LogP contribution in [0.15, 0.2) is 71.6 Å². The van der Waals surface area contributed by atoms with E-state index >= 15 is 0 Å². The first kappa shape index (κ1) is 31.5. The minimum atomic E-state index is -4.16. The molecule has 0 saturated heterocycles. The fourth-order valence-corrected chi connectivity index (χ4v) is 6.15. The predicted octanol–water partition coefficient (Wildman–Crippen LogP) is 6.14. The van der Waals surface area contributed by atoms with Gasteiger partial charge in [-0.25, -0.2) is 8.42 Å². The van der Waals surface area contributed by atoms with Crippen molar-refractivity contribution in [1.82, 2.24) is 10.2 Å². The van der Waals surface area contributed by atoms with E-state index in [0.717, 1.165) is 21.9 Å². The molecule has 0 aliphatic rings. The van der Waals surface area contributed by atoms with Gasteiger partial charge in [0.1, 0.15) is 12.6 Å². The van der Waals surface area contributed by atoms with Crippen molar-refractivity contribution in [2.45, 2.75) is 58.0 Å². The van der Waals surface area contributed by atoms with Crippen LogP contribution >= 0.6 is 23.2 Å². The lowest BCUT2D eigenvalue weighted by Gasteiger charge is -2.33. The number of carbonyl (C=O) groups excluding carboxylic acids is 2. The topological polar surface area (TPSA) is 86.8 Å². The van der Waals surface area contributed by atoms with Crippen LogP contribution in [0.2, 0.25) is 10.0 Å². The van der Waals surface area contributed by atoms with Crippen LogP contribution in [0.25, 0.3) is 0 Å². The number of halogens is 2. The predicted molar refractivity (Wildman–Crippen MR) is 161 cm³/mol. The third-order valence-electron chi connectivity index (χ3n) is 6.52. The van der Waals surface area contributed by atoms with E-state index in [1.54, 1.807) is 61.5 Å². The van der Waals surface area contributed by atoms with Crippen molar-refractivity contribution in [1.29, 1.82) is 0 Å². The van der Waals surface area contributed by atoms with Crippen LogP contribution in [0.1, 0.15) is 43.4 Å². The molecule has 40 heavy (non-hydrogen) atoms. The van der Waals surface area contributed by atoms with Gasteiger partial charge in [-0.05, 0) is 80.3 Å². The summed E-state index contributed by atoms with van der Waals surface area (Å²) in [5.74, 6) is -0.805. The number of nitrogens with one attached hydrogen (secondary N) is 1. The quantitative estimate of drug-likeness (QED) is 0.269. The molecule has 3 rings (SSSR count). The van der Waals surface area contributed by atoms with Crippen molar-refractivity contribution >= 4 is 50.7 Å². The Kier molecular flexibility index (Phi) is 11.0. The summed E-state index contributed by atoms with van der Waals surface area (Å²) in [5, 5.41) is 3.87. The highest BCUT2D eigenvalue weighted by atomic mass is 35.5. The zero-order valence-electron chi connectivity index (χ0n) is 23.2. The molecule has 10 heteroatoms. The van der Waals surface area contributed by atoms with Gasteiger partial charge in [-0.15, -0.1) is 0 Å². The van der Waals surface area contributed by atoms with E-state index in [-0.39, 0.29) is 17.3 Å². The molecular formula is C30H35Cl2N3O4S. The van der Waals surface area contributed by atoms with Gasteiger partial charge in [0.05, 0.1) is 10.6 Å². The average molecular weight is 605 g/mol. The first-order valence-electron chi connectivity index (χ1n) is 13.1. The van der Waals surface area contributed by atoms with E-state index in [0.29, 0.717) is 34.3 Å². The number of hydrogen-bond donors (Lipinski definition) is 1. The van der Waals surface area contributed by atoms with Crippen LogP contribution in [0.5, 0.6) is 0 Å². The van der Waals surface area contributed by atoms with Gasteiger partial charge in [0.25, 0.3) is 10.0 Å². The molecule has 0 spiro atoms. The molecule has 0 saturated carbocycles. The lowest BCUT2D eigenvalue weighted by molar-refractivity contribution is -0.140. The zero-order valence-corrected chi connectivity index (χ0v) is 25.5. The summed E-state index contributed by atoms with van der Waals surface area (Å²) in [5.41, 5.74) is 2.58. The summed E-state index contributed by atoms with van der Waals surface area (Å²) in [7, 11) is -4.16. The summed E-state index contributed by atoms with van der Waals surface area (Å²) < 4.78 is 29.1. The molecule has 1 unspecified atom stereocenters. The van der Waals surface area contributed by atoms with Crippen molar-refractivity contribution in [3.63, 3.8) is 0 Å². The van der Waals surface area contributed by atoms with Gasteiger partial charge in [-0.1, -0.05) is 66.9 Å². The van der Waals surface area contributed by atoms with E-state index in [9.17, 15) is 18.0 Å². The number of aryl methyl sites for hydroxylation is 2. The third kappa shape index (κ3) is 7.77. The van der Waals surface area contributed by atoms with Crippen molar-refractivity contribution < 1.29 is 18.0 Å². The minimum Gasteiger partial charge on any atom is -0.354 e. The van der Waals surface area contributed by atoms with Crippen molar-refractivity contribution in [2.24, 2.45) is 0 Å². The molecule has 7 nitrogen and oxygen atoms in total. The Morgan fingerprint density at radius 2 is 1.52 bits per heavy atom. The van der Waals surface area contributed by atoms with Gasteiger partial charge < -0.3 is 10.2 Å². The molecule has 1 atom stereocenters. The van der Waals surface area contributed by atoms with Crippen molar-refractivity contribution in [2.75, 3.05) is 17.4 Å². The number of hydrogen-bond acceptors (Lipinski definition) is 4. The highest BCUT2D eigenvalue weighted by Gasteiger charge is 2.34. The SMILES string of the molecule is CCCNC(=O)C(CC)N(Cc1ccc(Cl)cc1)C(=O)CN(c1ccc(Cl)cc1C)S(=O)(=O)c1ccc(C)cc1. The van der Waals surface area contributed by atoms with Gasteiger partial charge in [-0.3, -0.25) is 13.9 Å². The Morgan fingerprint density at radius 3 is 2.10 bits per heavy atom. The van der Waals surface area contributed by atoms with Crippen LogP contribution in [0.3, 0.4) is 0 Å². The summed E-state index contributed by atoms with van der Waals surface area (Å²) in [6, 6.07) is 17.5. The molecule has 0 bridgehead atoms. The van der Waals surface area contributed by atoms with Crippen LogP contribution in [0.4, 0.5) is 5.69 Å². The largest absolute Gasteiger partial charge is 0.354 e. The Hall–Kier alpha value is -3.07. The number of rotatable bonds is 12. The van der Waals surface area contributed by atoms with E-state index in [1.807, 2.05) is 20.8 Å². The van der Waals surface area contributed by atoms with Crippen molar-refractivity contribution in [3.8, 4) is 0 Å². The second-order valence-corrected chi connectivity index (χ2v) is 12.4. The molecule has 0 aliphatic carbocycles.